The fourth-order valence-electron chi connectivity index (χ4n) is 1.03. The Morgan fingerprint density at radius 1 is 1.06 bits per heavy atom. The molecule has 1 aromatic carbocycles. The van der Waals surface area contributed by atoms with E-state index in [0.29, 0.717) is 0 Å². The molecule has 0 saturated heterocycles. The summed E-state index contributed by atoms with van der Waals surface area (Å²) in [6, 6.07) is 4.58. The molecule has 2 nitrogen and oxygen atoms in total. The second-order valence-corrected chi connectivity index (χ2v) is 4.99. The maximum absolute atomic E-state index is 12.1. The van der Waals surface area contributed by atoms with Gasteiger partial charge < -0.3 is 8.92 Å². The molecular weight excluding hydrogens is 255 g/mol. The van der Waals surface area contributed by atoms with Gasteiger partial charge in [0.1, 0.15) is 0 Å². The van der Waals surface area contributed by atoms with Crippen LogP contribution in [-0.4, -0.2) is 7.11 Å². The monoisotopic (exact) mass is 264 g/mol. The molecule has 94 valence electrons. The van der Waals surface area contributed by atoms with Crippen molar-refractivity contribution >= 4 is 10.5 Å². The summed E-state index contributed by atoms with van der Waals surface area (Å²) in [7, 11) is -8.68. The number of benzene rings is 1. The van der Waals surface area contributed by atoms with Crippen molar-refractivity contribution in [3.63, 3.8) is 0 Å². The van der Waals surface area contributed by atoms with E-state index in [4.69, 9.17) is 0 Å². The predicted octanol–water partition coefficient (Wildman–Crippen LogP) is 4.43. The van der Waals surface area contributed by atoms with Gasteiger partial charge in [0.05, 0.1) is 6.61 Å². The van der Waals surface area contributed by atoms with Crippen LogP contribution in [0.25, 0.3) is 0 Å². The molecule has 0 atom stereocenters. The molecular formula is C8H9F5O2S. The largest absolute Gasteiger partial charge is 0.435 e. The number of rotatable bonds is 4. The normalized spacial score (nSPS) is 16.4. The first kappa shape index (κ1) is 13.0. The molecule has 0 fully saturated rings. The van der Waals surface area contributed by atoms with Crippen LogP contribution in [0.4, 0.5) is 19.4 Å². The Kier molecular flexibility index (Phi) is 2.64. The summed E-state index contributed by atoms with van der Waals surface area (Å²) in [5.74, 6) is -0.941. The number of hydrogen-bond acceptors (Lipinski definition) is 2. The van der Waals surface area contributed by atoms with Gasteiger partial charge in [0.15, 0.2) is 5.75 Å². The lowest BCUT2D eigenvalue weighted by molar-refractivity contribution is 0.180. The van der Waals surface area contributed by atoms with Crippen LogP contribution in [0.1, 0.15) is 5.56 Å². The van der Waals surface area contributed by atoms with E-state index in [9.17, 15) is 19.4 Å². The standard InChI is InChI=1S/C8H9F5O2S/c1-14-6-7-4-2-3-5-8(7)15-16(9,10,11,12)13/h2-5H,6H2,1H3. The zero-order valence-electron chi connectivity index (χ0n) is 8.13. The lowest BCUT2D eigenvalue weighted by Gasteiger charge is -2.39. The van der Waals surface area contributed by atoms with Gasteiger partial charge in [-0.15, -0.1) is 0 Å². The maximum atomic E-state index is 12.1. The Balaban J connectivity index is 3.07. The van der Waals surface area contributed by atoms with E-state index in [0.717, 1.165) is 12.1 Å². The van der Waals surface area contributed by atoms with Gasteiger partial charge in [0.2, 0.25) is 0 Å². The SMILES string of the molecule is COCc1ccccc1OS(F)(F)(F)(F)F. The Hall–Kier alpha value is -1.02. The van der Waals surface area contributed by atoms with E-state index in [-0.39, 0.29) is 12.2 Å². The van der Waals surface area contributed by atoms with Gasteiger partial charge in [0.25, 0.3) is 0 Å². The zero-order chi connectivity index (χ0) is 12.5. The van der Waals surface area contributed by atoms with Gasteiger partial charge in [-0.25, -0.2) is 0 Å². The Bertz CT molecular complexity index is 388. The number of methoxy groups -OCH3 is 1. The third-order valence-corrected chi connectivity index (χ3v) is 2.01. The van der Waals surface area contributed by atoms with Crippen LogP contribution in [0.5, 0.6) is 5.75 Å². The highest BCUT2D eigenvalue weighted by atomic mass is 32.5. The van der Waals surface area contributed by atoms with E-state index < -0.39 is 16.3 Å². The second kappa shape index (κ2) is 3.24. The lowest BCUT2D eigenvalue weighted by Crippen LogP contribution is -2.15. The lowest BCUT2D eigenvalue weighted by atomic mass is 10.2. The molecule has 0 amide bonds. The van der Waals surface area contributed by atoms with E-state index in [1.165, 1.54) is 19.2 Å². The van der Waals surface area contributed by atoms with Crippen LogP contribution in [-0.2, 0) is 11.3 Å². The smallest absolute Gasteiger partial charge is 0.380 e. The van der Waals surface area contributed by atoms with E-state index in [1.807, 2.05) is 0 Å². The van der Waals surface area contributed by atoms with Gasteiger partial charge in [-0.1, -0.05) is 37.6 Å². The van der Waals surface area contributed by atoms with Crippen LogP contribution in [0, 0.1) is 0 Å². The van der Waals surface area contributed by atoms with Crippen LogP contribution in [0.15, 0.2) is 24.3 Å². The van der Waals surface area contributed by atoms with Crippen LogP contribution >= 0.6 is 10.5 Å². The van der Waals surface area contributed by atoms with Crippen molar-refractivity contribution in [3.05, 3.63) is 29.8 Å². The minimum atomic E-state index is -9.91. The van der Waals surface area contributed by atoms with E-state index in [2.05, 4.69) is 8.92 Å². The number of para-hydroxylation sites is 1. The molecule has 1 rings (SSSR count). The fraction of sp³-hybridized carbons (Fsp3) is 0.250. The van der Waals surface area contributed by atoms with Crippen LogP contribution < -0.4 is 4.18 Å². The number of ether oxygens (including phenoxy) is 1. The first-order valence-corrected chi connectivity index (χ1v) is 5.90. The third kappa shape index (κ3) is 4.67. The second-order valence-electron chi connectivity index (χ2n) is 3.02. The highest BCUT2D eigenvalue weighted by Gasteiger charge is 2.67. The quantitative estimate of drug-likeness (QED) is 0.749. The maximum Gasteiger partial charge on any atom is 0.435 e. The van der Waals surface area contributed by atoms with E-state index in [1.54, 1.807) is 0 Å². The molecule has 0 bridgehead atoms. The summed E-state index contributed by atoms with van der Waals surface area (Å²) in [5.41, 5.74) is -0.0988. The first-order chi connectivity index (χ1) is 7.00. The van der Waals surface area contributed by atoms with Crippen molar-refractivity contribution in [2.45, 2.75) is 6.61 Å². The summed E-state index contributed by atoms with van der Waals surface area (Å²) in [5, 5.41) is 0. The summed E-state index contributed by atoms with van der Waals surface area (Å²) in [6.07, 6.45) is 0. The topological polar surface area (TPSA) is 18.5 Å². The molecule has 0 radical (unpaired) electrons. The molecule has 0 aliphatic carbocycles. The van der Waals surface area contributed by atoms with Gasteiger partial charge >= 0.3 is 10.5 Å². The van der Waals surface area contributed by atoms with Crippen molar-refractivity contribution in [1.29, 1.82) is 0 Å². The number of halogens is 5. The highest BCUT2D eigenvalue weighted by molar-refractivity contribution is 8.42. The highest BCUT2D eigenvalue weighted by Crippen LogP contribution is 2.97. The van der Waals surface area contributed by atoms with Crippen molar-refractivity contribution < 1.29 is 28.3 Å². The average Bonchev–Trinajstić information content (AvgIpc) is 2.04. The summed E-state index contributed by atoms with van der Waals surface area (Å²) >= 11 is 0. The van der Waals surface area contributed by atoms with Crippen LogP contribution in [0.2, 0.25) is 0 Å². The van der Waals surface area contributed by atoms with Crippen LogP contribution in [0.3, 0.4) is 0 Å². The first-order valence-electron chi connectivity index (χ1n) is 4.02. The molecule has 16 heavy (non-hydrogen) atoms. The van der Waals surface area contributed by atoms with Gasteiger partial charge in [-0.05, 0) is 6.07 Å². The predicted molar refractivity (Wildman–Crippen MR) is 50.9 cm³/mol. The molecule has 0 aliphatic heterocycles. The minimum Gasteiger partial charge on any atom is -0.380 e. The molecule has 0 N–H and O–H groups in total. The summed E-state index contributed by atoms with van der Waals surface area (Å²) < 4.78 is 67.8. The zero-order valence-corrected chi connectivity index (χ0v) is 8.95. The van der Waals surface area contributed by atoms with Crippen molar-refractivity contribution in [2.24, 2.45) is 0 Å². The molecule has 1 aromatic rings. The van der Waals surface area contributed by atoms with Gasteiger partial charge in [-0.2, -0.15) is 0 Å². The molecule has 8 heteroatoms. The molecule has 0 saturated carbocycles. The molecule has 0 spiro atoms. The van der Waals surface area contributed by atoms with Gasteiger partial charge in [-0.3, -0.25) is 0 Å². The summed E-state index contributed by atoms with van der Waals surface area (Å²) in [4.78, 5) is 0. The molecule has 0 aromatic heterocycles. The third-order valence-electron chi connectivity index (χ3n) is 1.52. The molecule has 0 heterocycles. The van der Waals surface area contributed by atoms with Crippen molar-refractivity contribution in [1.82, 2.24) is 0 Å². The Morgan fingerprint density at radius 3 is 2.12 bits per heavy atom. The molecule has 0 unspecified atom stereocenters. The molecule has 0 aliphatic rings. The Labute approximate surface area is 88.9 Å². The Morgan fingerprint density at radius 2 is 1.62 bits per heavy atom. The fourth-order valence-corrected chi connectivity index (χ4v) is 1.53. The van der Waals surface area contributed by atoms with Crippen molar-refractivity contribution in [3.8, 4) is 5.75 Å². The number of hydrogen-bond donors (Lipinski definition) is 0. The minimum absolute atomic E-state index is 0.0988. The van der Waals surface area contributed by atoms with Gasteiger partial charge in [0, 0.05) is 12.7 Å². The summed E-state index contributed by atoms with van der Waals surface area (Å²) in [6.45, 7) is -0.246. The van der Waals surface area contributed by atoms with Crippen molar-refractivity contribution in [2.75, 3.05) is 7.11 Å². The average molecular weight is 264 g/mol. The van der Waals surface area contributed by atoms with E-state index >= 15 is 0 Å².